The van der Waals surface area contributed by atoms with Gasteiger partial charge in [0.15, 0.2) is 0 Å². The lowest BCUT2D eigenvalue weighted by Crippen LogP contribution is -2.33. The van der Waals surface area contributed by atoms with E-state index in [0.717, 1.165) is 15.0 Å². The molecule has 1 fully saturated rings. The number of likely N-dealkylation sites (tertiary alicyclic amines) is 1. The van der Waals surface area contributed by atoms with Gasteiger partial charge in [0.1, 0.15) is 0 Å². The van der Waals surface area contributed by atoms with Gasteiger partial charge in [-0.3, -0.25) is 9.69 Å². The summed E-state index contributed by atoms with van der Waals surface area (Å²) in [6.45, 7) is 0.0399. The fourth-order valence-electron chi connectivity index (χ4n) is 2.93. The highest BCUT2D eigenvalue weighted by Crippen LogP contribution is 2.38. The maximum atomic E-state index is 13.0. The molecule has 1 aliphatic rings. The van der Waals surface area contributed by atoms with Gasteiger partial charge < -0.3 is 5.11 Å². The maximum absolute atomic E-state index is 13.0. The minimum absolute atomic E-state index is 0.0618. The molecule has 2 atom stereocenters. The number of carboxylic acid groups (broad SMARTS) is 1. The number of carbonyl (C=O) groups is 1. The summed E-state index contributed by atoms with van der Waals surface area (Å²) in [5.74, 6) is -4.55. The van der Waals surface area contributed by atoms with Gasteiger partial charge in [-0.1, -0.05) is 18.2 Å². The lowest BCUT2D eigenvalue weighted by atomic mass is 9.96. The summed E-state index contributed by atoms with van der Waals surface area (Å²) in [6, 6.07) is 9.70. The monoisotopic (exact) mass is 329 g/mol. The molecule has 1 aliphatic heterocycles. The van der Waals surface area contributed by atoms with Gasteiger partial charge >= 0.3 is 12.1 Å². The first-order valence-corrected chi connectivity index (χ1v) is 7.65. The van der Waals surface area contributed by atoms with E-state index in [1.54, 1.807) is 4.90 Å². The molecule has 0 saturated carbocycles. The van der Waals surface area contributed by atoms with Crippen molar-refractivity contribution in [3.8, 4) is 0 Å². The lowest BCUT2D eigenvalue weighted by molar-refractivity contribution is -0.188. The number of aliphatic carboxylic acids is 1. The van der Waals surface area contributed by atoms with E-state index in [1.807, 2.05) is 30.3 Å². The summed E-state index contributed by atoms with van der Waals surface area (Å²) in [7, 11) is 0. The van der Waals surface area contributed by atoms with Crippen molar-refractivity contribution in [2.45, 2.75) is 12.7 Å². The van der Waals surface area contributed by atoms with Gasteiger partial charge in [-0.05, 0) is 17.5 Å². The van der Waals surface area contributed by atoms with Crippen molar-refractivity contribution in [3.05, 3.63) is 35.2 Å². The minimum atomic E-state index is -4.47. The molecule has 118 valence electrons. The zero-order valence-corrected chi connectivity index (χ0v) is 12.3. The van der Waals surface area contributed by atoms with Crippen LogP contribution in [0.15, 0.2) is 30.3 Å². The minimum Gasteiger partial charge on any atom is -0.481 e. The third-order valence-electron chi connectivity index (χ3n) is 3.99. The van der Waals surface area contributed by atoms with E-state index in [1.165, 1.54) is 11.3 Å². The molecule has 2 aromatic rings. The maximum Gasteiger partial charge on any atom is 0.393 e. The topological polar surface area (TPSA) is 40.5 Å². The van der Waals surface area contributed by atoms with Crippen molar-refractivity contribution in [2.75, 3.05) is 13.1 Å². The Morgan fingerprint density at radius 3 is 2.64 bits per heavy atom. The molecule has 3 rings (SSSR count). The molecule has 0 unspecified atom stereocenters. The van der Waals surface area contributed by atoms with Gasteiger partial charge in [0.2, 0.25) is 0 Å². The number of rotatable bonds is 3. The molecule has 1 aromatic heterocycles. The van der Waals surface area contributed by atoms with Gasteiger partial charge in [0.25, 0.3) is 0 Å². The molecule has 1 saturated heterocycles. The molecule has 0 spiro atoms. The van der Waals surface area contributed by atoms with Crippen molar-refractivity contribution >= 4 is 27.4 Å². The second kappa shape index (κ2) is 5.55. The largest absolute Gasteiger partial charge is 0.481 e. The average molecular weight is 329 g/mol. The highest BCUT2D eigenvalue weighted by molar-refractivity contribution is 7.19. The molecule has 0 aliphatic carbocycles. The van der Waals surface area contributed by atoms with Crippen LogP contribution in [0, 0.1) is 11.8 Å². The van der Waals surface area contributed by atoms with Crippen LogP contribution in [-0.2, 0) is 11.3 Å². The van der Waals surface area contributed by atoms with E-state index < -0.39 is 24.0 Å². The van der Waals surface area contributed by atoms with Gasteiger partial charge in [-0.2, -0.15) is 13.2 Å². The van der Waals surface area contributed by atoms with Crippen molar-refractivity contribution in [1.82, 2.24) is 4.90 Å². The Kier molecular flexibility index (Phi) is 3.86. The third kappa shape index (κ3) is 2.96. The summed E-state index contributed by atoms with van der Waals surface area (Å²) in [5.41, 5.74) is 0. The Hall–Kier alpha value is -1.60. The highest BCUT2D eigenvalue weighted by Gasteiger charge is 2.52. The van der Waals surface area contributed by atoms with Crippen LogP contribution in [0.25, 0.3) is 10.1 Å². The standard InChI is InChI=1S/C15H14F3NO2S/c16-15(17,18)12-8-19(7-11(12)14(20)21)6-10-5-9-3-1-2-4-13(9)22-10/h1-5,11-12H,6-8H2,(H,20,21)/t11-,12-/m1/s1. The van der Waals surface area contributed by atoms with Gasteiger partial charge in [0, 0.05) is 29.2 Å². The van der Waals surface area contributed by atoms with Crippen LogP contribution in [-0.4, -0.2) is 35.2 Å². The predicted octanol–water partition coefficient (Wildman–Crippen LogP) is 3.60. The summed E-state index contributed by atoms with van der Waals surface area (Å²) in [6.07, 6.45) is -4.47. The molecule has 0 amide bonds. The summed E-state index contributed by atoms with van der Waals surface area (Å²) in [4.78, 5) is 13.6. The molecule has 1 N–H and O–H groups in total. The van der Waals surface area contributed by atoms with E-state index >= 15 is 0 Å². The normalized spacial score (nSPS) is 23.2. The first-order chi connectivity index (χ1) is 10.3. The van der Waals surface area contributed by atoms with Gasteiger partial charge in [-0.15, -0.1) is 11.3 Å². The molecule has 7 heteroatoms. The van der Waals surface area contributed by atoms with E-state index in [4.69, 9.17) is 5.11 Å². The first kappa shape index (κ1) is 15.3. The molecular formula is C15H14F3NO2S. The van der Waals surface area contributed by atoms with Crippen LogP contribution >= 0.6 is 11.3 Å². The Morgan fingerprint density at radius 2 is 2.05 bits per heavy atom. The van der Waals surface area contributed by atoms with E-state index in [2.05, 4.69) is 0 Å². The smallest absolute Gasteiger partial charge is 0.393 e. The molecule has 3 nitrogen and oxygen atoms in total. The van der Waals surface area contributed by atoms with Crippen LogP contribution in [0.4, 0.5) is 13.2 Å². The number of hydrogen-bond acceptors (Lipinski definition) is 3. The van der Waals surface area contributed by atoms with E-state index in [9.17, 15) is 18.0 Å². The molecule has 22 heavy (non-hydrogen) atoms. The third-order valence-corrected chi connectivity index (χ3v) is 5.09. The molecule has 0 bridgehead atoms. The Bertz CT molecular complexity index is 664. The quantitative estimate of drug-likeness (QED) is 0.935. The number of nitrogens with zero attached hydrogens (tertiary/aromatic N) is 1. The molecule has 1 aromatic carbocycles. The number of thiophene rings is 1. The SMILES string of the molecule is O=C(O)[C@@H]1CN(Cc2cc3ccccc3s2)C[C@H]1C(F)(F)F. The van der Waals surface area contributed by atoms with Gasteiger partial charge in [0.05, 0.1) is 11.8 Å². The summed E-state index contributed by atoms with van der Waals surface area (Å²) >= 11 is 1.53. The van der Waals surface area contributed by atoms with Crippen LogP contribution in [0.3, 0.4) is 0 Å². The van der Waals surface area contributed by atoms with Crippen molar-refractivity contribution in [2.24, 2.45) is 11.8 Å². The lowest BCUT2D eigenvalue weighted by Gasteiger charge is -2.18. The summed E-state index contributed by atoms with van der Waals surface area (Å²) < 4.78 is 40.0. The number of benzene rings is 1. The number of halogens is 3. The number of alkyl halides is 3. The summed E-state index contributed by atoms with van der Waals surface area (Å²) in [5, 5.41) is 10.1. The second-order valence-corrected chi connectivity index (χ2v) is 6.71. The van der Waals surface area contributed by atoms with Crippen LogP contribution in [0.1, 0.15) is 4.88 Å². The van der Waals surface area contributed by atoms with E-state index in [-0.39, 0.29) is 13.1 Å². The predicted molar refractivity (Wildman–Crippen MR) is 77.8 cm³/mol. The zero-order valence-electron chi connectivity index (χ0n) is 11.5. The number of carboxylic acids is 1. The Morgan fingerprint density at radius 1 is 1.32 bits per heavy atom. The van der Waals surface area contributed by atoms with Crippen molar-refractivity contribution in [3.63, 3.8) is 0 Å². The molecular weight excluding hydrogens is 315 g/mol. The van der Waals surface area contributed by atoms with Crippen LogP contribution in [0.5, 0.6) is 0 Å². The fraction of sp³-hybridized carbons (Fsp3) is 0.400. The van der Waals surface area contributed by atoms with Gasteiger partial charge in [-0.25, -0.2) is 0 Å². The second-order valence-electron chi connectivity index (χ2n) is 5.54. The Balaban J connectivity index is 1.77. The van der Waals surface area contributed by atoms with Crippen LogP contribution < -0.4 is 0 Å². The zero-order chi connectivity index (χ0) is 15.9. The van der Waals surface area contributed by atoms with Crippen molar-refractivity contribution < 1.29 is 23.1 Å². The highest BCUT2D eigenvalue weighted by atomic mass is 32.1. The number of hydrogen-bond donors (Lipinski definition) is 1. The number of fused-ring (bicyclic) bond motifs is 1. The van der Waals surface area contributed by atoms with Crippen LogP contribution in [0.2, 0.25) is 0 Å². The molecule has 2 heterocycles. The Labute approximate surface area is 129 Å². The molecule has 0 radical (unpaired) electrons. The average Bonchev–Trinajstić information content (AvgIpc) is 3.01. The van der Waals surface area contributed by atoms with Crippen molar-refractivity contribution in [1.29, 1.82) is 0 Å². The first-order valence-electron chi connectivity index (χ1n) is 6.84. The van der Waals surface area contributed by atoms with E-state index in [0.29, 0.717) is 6.54 Å². The fourth-order valence-corrected chi connectivity index (χ4v) is 4.04.